The summed E-state index contributed by atoms with van der Waals surface area (Å²) in [5.41, 5.74) is 5.18. The summed E-state index contributed by atoms with van der Waals surface area (Å²) in [7, 11) is 0. The molecule has 0 spiro atoms. The molecule has 0 amide bonds. The maximum absolute atomic E-state index is 12.8. The first kappa shape index (κ1) is 37.8. The highest BCUT2D eigenvalue weighted by Gasteiger charge is 2.31. The predicted octanol–water partition coefficient (Wildman–Crippen LogP) is 12.4. The Kier molecular flexibility index (Phi) is 12.5. The van der Waals surface area contributed by atoms with Crippen molar-refractivity contribution >= 4 is 5.71 Å². The zero-order valence-corrected chi connectivity index (χ0v) is 28.6. The summed E-state index contributed by atoms with van der Waals surface area (Å²) in [6.07, 6.45) is -8.65. The molecule has 0 aliphatic rings. The van der Waals surface area contributed by atoms with E-state index in [1.54, 1.807) is 0 Å². The molecule has 0 aromatic heterocycles. The first-order valence-electron chi connectivity index (χ1n) is 16.7. The summed E-state index contributed by atoms with van der Waals surface area (Å²) >= 11 is 0. The van der Waals surface area contributed by atoms with E-state index >= 15 is 0 Å². The Morgan fingerprint density at radius 2 is 0.808 bits per heavy atom. The standard InChI is InChI=1S/C22H20F3N.C22H18F3N/c2*1-16(17-12-14-20(15-13-17)22(23,24)25)26-21(18-8-4-2-5-9-18)19-10-6-3-7-11-19/h2-16,21,26H,1H3;2-15,21H,1H3/t16-;/m1./s1. The van der Waals surface area contributed by atoms with Crippen LogP contribution < -0.4 is 5.32 Å². The molecule has 0 unspecified atom stereocenters. The molecule has 0 aliphatic carbocycles. The van der Waals surface area contributed by atoms with Crippen LogP contribution >= 0.6 is 0 Å². The van der Waals surface area contributed by atoms with E-state index < -0.39 is 23.5 Å². The third-order valence-electron chi connectivity index (χ3n) is 8.60. The Bertz CT molecular complexity index is 1900. The zero-order chi connectivity index (χ0) is 37.1. The summed E-state index contributed by atoms with van der Waals surface area (Å²) in [5.74, 6) is 0. The molecule has 1 N–H and O–H groups in total. The summed E-state index contributed by atoms with van der Waals surface area (Å²) in [6.45, 7) is 3.78. The van der Waals surface area contributed by atoms with Crippen molar-refractivity contribution in [2.45, 2.75) is 44.3 Å². The van der Waals surface area contributed by atoms with E-state index in [1.165, 1.54) is 24.3 Å². The molecule has 0 heterocycles. The van der Waals surface area contributed by atoms with Crippen LogP contribution in [-0.2, 0) is 12.4 Å². The fourth-order valence-electron chi connectivity index (χ4n) is 5.76. The molecule has 0 saturated carbocycles. The van der Waals surface area contributed by atoms with E-state index in [1.807, 2.05) is 135 Å². The summed E-state index contributed by atoms with van der Waals surface area (Å²) < 4.78 is 76.5. The molecule has 52 heavy (non-hydrogen) atoms. The van der Waals surface area contributed by atoms with Crippen molar-refractivity contribution < 1.29 is 26.3 Å². The predicted molar refractivity (Wildman–Crippen MR) is 196 cm³/mol. The first-order valence-corrected chi connectivity index (χ1v) is 16.7. The maximum Gasteiger partial charge on any atom is 0.416 e. The normalized spacial score (nSPS) is 12.7. The minimum atomic E-state index is -4.33. The average Bonchev–Trinajstić information content (AvgIpc) is 3.17. The highest BCUT2D eigenvalue weighted by molar-refractivity contribution is 5.99. The molecule has 0 aliphatic heterocycles. The Morgan fingerprint density at radius 1 is 0.462 bits per heavy atom. The smallest absolute Gasteiger partial charge is 0.300 e. The lowest BCUT2D eigenvalue weighted by Gasteiger charge is -2.25. The van der Waals surface area contributed by atoms with Crippen molar-refractivity contribution in [2.75, 3.05) is 0 Å². The Balaban J connectivity index is 0.000000201. The van der Waals surface area contributed by atoms with Crippen molar-refractivity contribution in [1.29, 1.82) is 0 Å². The zero-order valence-electron chi connectivity index (χ0n) is 28.6. The van der Waals surface area contributed by atoms with Gasteiger partial charge in [-0.25, -0.2) is 0 Å². The van der Waals surface area contributed by atoms with Gasteiger partial charge in [0.1, 0.15) is 6.04 Å². The second-order valence-corrected chi connectivity index (χ2v) is 12.3. The van der Waals surface area contributed by atoms with E-state index in [0.29, 0.717) is 11.3 Å². The van der Waals surface area contributed by atoms with E-state index in [4.69, 9.17) is 4.99 Å². The number of aliphatic imine (C=N–C) groups is 1. The van der Waals surface area contributed by atoms with Gasteiger partial charge in [-0.05, 0) is 71.5 Å². The molecule has 1 atom stereocenters. The van der Waals surface area contributed by atoms with Gasteiger partial charge in [0.2, 0.25) is 0 Å². The number of halogens is 6. The first-order chi connectivity index (χ1) is 24.9. The highest BCUT2D eigenvalue weighted by Crippen LogP contribution is 2.32. The summed E-state index contributed by atoms with van der Waals surface area (Å²) in [5, 5.41) is 3.54. The third kappa shape index (κ3) is 10.3. The molecule has 6 rings (SSSR count). The number of rotatable bonds is 9. The second-order valence-electron chi connectivity index (χ2n) is 12.3. The van der Waals surface area contributed by atoms with Crippen LogP contribution in [0.15, 0.2) is 175 Å². The molecule has 8 heteroatoms. The summed E-state index contributed by atoms with van der Waals surface area (Å²) in [4.78, 5) is 4.81. The number of hydrogen-bond acceptors (Lipinski definition) is 2. The van der Waals surface area contributed by atoms with Gasteiger partial charge in [0.15, 0.2) is 0 Å². The van der Waals surface area contributed by atoms with Crippen molar-refractivity contribution in [1.82, 2.24) is 5.32 Å². The molecule has 6 aromatic carbocycles. The van der Waals surface area contributed by atoms with Crippen LogP contribution in [0.2, 0.25) is 0 Å². The van der Waals surface area contributed by atoms with Crippen LogP contribution in [0.3, 0.4) is 0 Å². The van der Waals surface area contributed by atoms with Crippen molar-refractivity contribution in [2.24, 2.45) is 4.99 Å². The lowest BCUT2D eigenvalue weighted by Crippen LogP contribution is -2.25. The fraction of sp³-hybridized carbons (Fsp3) is 0.159. The van der Waals surface area contributed by atoms with Crippen LogP contribution in [0.1, 0.15) is 76.5 Å². The molecule has 0 bridgehead atoms. The topological polar surface area (TPSA) is 24.4 Å². The number of alkyl halides is 6. The number of nitrogens with zero attached hydrogens (tertiary/aromatic N) is 1. The van der Waals surface area contributed by atoms with E-state index in [2.05, 4.69) is 5.32 Å². The fourth-order valence-corrected chi connectivity index (χ4v) is 5.76. The minimum absolute atomic E-state index is 0.0466. The van der Waals surface area contributed by atoms with Gasteiger partial charge in [-0.3, -0.25) is 10.3 Å². The van der Waals surface area contributed by atoms with Gasteiger partial charge in [-0.1, -0.05) is 146 Å². The Hall–Kier alpha value is -5.47. The van der Waals surface area contributed by atoms with Crippen LogP contribution in [0.5, 0.6) is 0 Å². The Labute approximate surface area is 300 Å². The molecule has 2 nitrogen and oxygen atoms in total. The molecule has 266 valence electrons. The number of hydrogen-bond donors (Lipinski definition) is 1. The molecule has 0 fully saturated rings. The SMILES string of the molecule is CC(=NC(c1ccccc1)c1ccccc1)c1ccc(C(F)(F)F)cc1.C[C@@H](NC(c1ccccc1)c1ccccc1)c1ccc(C(F)(F)F)cc1. The minimum Gasteiger partial charge on any atom is -0.300 e. The van der Waals surface area contributed by atoms with E-state index in [-0.39, 0.29) is 18.1 Å². The van der Waals surface area contributed by atoms with Crippen LogP contribution in [-0.4, -0.2) is 5.71 Å². The molecular formula is C44H38F6N2. The second kappa shape index (κ2) is 17.2. The van der Waals surface area contributed by atoms with E-state index in [0.717, 1.165) is 52.1 Å². The lowest BCUT2D eigenvalue weighted by atomic mass is 9.96. The van der Waals surface area contributed by atoms with Crippen molar-refractivity contribution in [3.8, 4) is 0 Å². The van der Waals surface area contributed by atoms with Gasteiger partial charge in [0.05, 0.1) is 17.2 Å². The van der Waals surface area contributed by atoms with Crippen LogP contribution in [0.4, 0.5) is 26.3 Å². The molecule has 0 radical (unpaired) electrons. The summed E-state index contributed by atoms with van der Waals surface area (Å²) in [6, 6.07) is 49.8. The van der Waals surface area contributed by atoms with Gasteiger partial charge < -0.3 is 0 Å². The van der Waals surface area contributed by atoms with Gasteiger partial charge in [-0.2, -0.15) is 26.3 Å². The van der Waals surface area contributed by atoms with Gasteiger partial charge in [-0.15, -0.1) is 0 Å². The molecule has 6 aromatic rings. The highest BCUT2D eigenvalue weighted by atomic mass is 19.4. The number of benzene rings is 6. The number of nitrogens with one attached hydrogen (secondary N) is 1. The third-order valence-corrected chi connectivity index (χ3v) is 8.60. The van der Waals surface area contributed by atoms with Crippen LogP contribution in [0.25, 0.3) is 0 Å². The van der Waals surface area contributed by atoms with Gasteiger partial charge in [0, 0.05) is 11.8 Å². The van der Waals surface area contributed by atoms with Gasteiger partial charge in [0.25, 0.3) is 0 Å². The Morgan fingerprint density at radius 3 is 1.17 bits per heavy atom. The van der Waals surface area contributed by atoms with Gasteiger partial charge >= 0.3 is 12.4 Å². The lowest BCUT2D eigenvalue weighted by molar-refractivity contribution is -0.138. The van der Waals surface area contributed by atoms with Crippen molar-refractivity contribution in [3.63, 3.8) is 0 Å². The monoisotopic (exact) mass is 708 g/mol. The average molecular weight is 709 g/mol. The van der Waals surface area contributed by atoms with E-state index in [9.17, 15) is 26.3 Å². The largest absolute Gasteiger partial charge is 0.416 e. The molecule has 0 saturated heterocycles. The quantitative estimate of drug-likeness (QED) is 0.117. The maximum atomic E-state index is 12.8. The van der Waals surface area contributed by atoms with Crippen LogP contribution in [0, 0.1) is 0 Å². The molecular weight excluding hydrogens is 670 g/mol. The van der Waals surface area contributed by atoms with Crippen molar-refractivity contribution in [3.05, 3.63) is 214 Å².